The lowest BCUT2D eigenvalue weighted by molar-refractivity contribution is 0.0972. The van der Waals surface area contributed by atoms with E-state index in [9.17, 15) is 4.79 Å². The third-order valence-electron chi connectivity index (χ3n) is 5.19. The summed E-state index contributed by atoms with van der Waals surface area (Å²) < 4.78 is 6.08. The van der Waals surface area contributed by atoms with Gasteiger partial charge in [-0.25, -0.2) is 0 Å². The van der Waals surface area contributed by atoms with Gasteiger partial charge < -0.3 is 15.5 Å². The quantitative estimate of drug-likeness (QED) is 0.427. The number of rotatable bonds is 5. The van der Waals surface area contributed by atoms with E-state index in [1.165, 1.54) is 38.5 Å². The minimum atomic E-state index is -0.400. The van der Waals surface area contributed by atoms with Gasteiger partial charge in [0.2, 0.25) is 0 Å². The van der Waals surface area contributed by atoms with E-state index in [4.69, 9.17) is 22.1 Å². The minimum absolute atomic E-state index is 0.0373. The van der Waals surface area contributed by atoms with E-state index >= 15 is 0 Å². The lowest BCUT2D eigenvalue weighted by Gasteiger charge is -2.15. The van der Waals surface area contributed by atoms with Crippen LogP contribution in [0.1, 0.15) is 28.9 Å². The van der Waals surface area contributed by atoms with Crippen molar-refractivity contribution in [1.82, 2.24) is 15.2 Å². The number of H-pyrrole nitrogens is 1. The number of nitrogens with one attached hydrogen (secondary N) is 2. The number of nitrogens with two attached hydrogens (primary N) is 1. The minimum Gasteiger partial charge on any atom is -0.455 e. The highest BCUT2D eigenvalue weighted by atomic mass is 35.5. The first-order chi connectivity index (χ1) is 14.5. The standard InChI is InChI=1S/C22H24ClN5O2/c1-25-22(24)27-21(29)18-12-16-17(23)8-9-19(20(16)26-18)30-15-6-4-14(5-7-15)13-28-10-2-3-11-28/h4-9,12,26H,2-3,10-11,13H2,1H3,(H3,24,25,27,29). The maximum Gasteiger partial charge on any atom is 0.274 e. The van der Waals surface area contributed by atoms with Crippen LogP contribution in [0.3, 0.4) is 0 Å². The van der Waals surface area contributed by atoms with Crippen molar-refractivity contribution in [2.75, 3.05) is 20.1 Å². The van der Waals surface area contributed by atoms with Gasteiger partial charge in [-0.05, 0) is 61.8 Å². The Morgan fingerprint density at radius 3 is 2.67 bits per heavy atom. The van der Waals surface area contributed by atoms with E-state index in [1.54, 1.807) is 18.2 Å². The molecule has 4 N–H and O–H groups in total. The molecule has 3 aromatic rings. The van der Waals surface area contributed by atoms with Gasteiger partial charge in [-0.2, -0.15) is 0 Å². The van der Waals surface area contributed by atoms with Crippen LogP contribution < -0.4 is 15.8 Å². The second kappa shape index (κ2) is 8.77. The zero-order valence-electron chi connectivity index (χ0n) is 16.7. The SMILES string of the molecule is CN=C(N)NC(=O)c1cc2c(Cl)ccc(Oc3ccc(CN4CCCC4)cc3)c2[nH]1. The molecule has 1 aliphatic heterocycles. The summed E-state index contributed by atoms with van der Waals surface area (Å²) in [5, 5.41) is 3.71. The average Bonchev–Trinajstić information content (AvgIpc) is 3.42. The van der Waals surface area contributed by atoms with Crippen LogP contribution in [0.2, 0.25) is 5.02 Å². The summed E-state index contributed by atoms with van der Waals surface area (Å²) in [5.41, 5.74) is 7.80. The van der Waals surface area contributed by atoms with Crippen molar-refractivity contribution < 1.29 is 9.53 Å². The average molecular weight is 426 g/mol. The summed E-state index contributed by atoms with van der Waals surface area (Å²) in [6.45, 7) is 3.30. The number of carbonyl (C=O) groups is 1. The number of aromatic nitrogens is 1. The van der Waals surface area contributed by atoms with Crippen LogP contribution in [0.15, 0.2) is 47.5 Å². The van der Waals surface area contributed by atoms with Crippen molar-refractivity contribution in [2.45, 2.75) is 19.4 Å². The summed E-state index contributed by atoms with van der Waals surface area (Å²) in [4.78, 5) is 21.6. The number of halogens is 1. The third-order valence-corrected chi connectivity index (χ3v) is 5.52. The maximum atomic E-state index is 12.4. The van der Waals surface area contributed by atoms with E-state index in [0.29, 0.717) is 33.1 Å². The largest absolute Gasteiger partial charge is 0.455 e. The summed E-state index contributed by atoms with van der Waals surface area (Å²) >= 11 is 6.32. The number of carbonyl (C=O) groups excluding carboxylic acids is 1. The molecule has 0 atom stereocenters. The zero-order valence-corrected chi connectivity index (χ0v) is 17.5. The van der Waals surface area contributed by atoms with E-state index in [0.717, 1.165) is 6.54 Å². The number of hydrogen-bond acceptors (Lipinski definition) is 4. The Morgan fingerprint density at radius 1 is 1.23 bits per heavy atom. The summed E-state index contributed by atoms with van der Waals surface area (Å²) in [6.07, 6.45) is 2.56. The molecule has 2 aromatic carbocycles. The highest BCUT2D eigenvalue weighted by Gasteiger charge is 2.16. The van der Waals surface area contributed by atoms with E-state index in [-0.39, 0.29) is 5.96 Å². The molecule has 2 heterocycles. The summed E-state index contributed by atoms with van der Waals surface area (Å²) in [5.74, 6) is 0.933. The first-order valence-corrected chi connectivity index (χ1v) is 10.3. The molecular formula is C22H24ClN5O2. The van der Waals surface area contributed by atoms with Crippen molar-refractivity contribution in [2.24, 2.45) is 10.7 Å². The van der Waals surface area contributed by atoms with Gasteiger partial charge in [0.1, 0.15) is 11.4 Å². The van der Waals surface area contributed by atoms with Crippen molar-refractivity contribution >= 4 is 34.4 Å². The van der Waals surface area contributed by atoms with Crippen LogP contribution in [0.4, 0.5) is 0 Å². The van der Waals surface area contributed by atoms with Gasteiger partial charge in [0.05, 0.1) is 10.5 Å². The Hall–Kier alpha value is -3.03. The number of amides is 1. The molecule has 1 amide bonds. The van der Waals surface area contributed by atoms with E-state index in [2.05, 4.69) is 32.3 Å². The Balaban J connectivity index is 1.55. The van der Waals surface area contributed by atoms with E-state index < -0.39 is 5.91 Å². The number of hydrogen-bond donors (Lipinski definition) is 3. The fourth-order valence-electron chi connectivity index (χ4n) is 3.59. The first kappa shape index (κ1) is 20.3. The lowest BCUT2D eigenvalue weighted by Crippen LogP contribution is -2.36. The number of likely N-dealkylation sites (tertiary alicyclic amines) is 1. The van der Waals surface area contributed by atoms with Crippen molar-refractivity contribution in [1.29, 1.82) is 0 Å². The van der Waals surface area contributed by atoms with Crippen LogP contribution >= 0.6 is 11.6 Å². The number of nitrogens with zero attached hydrogens (tertiary/aromatic N) is 2. The van der Waals surface area contributed by atoms with Gasteiger partial charge >= 0.3 is 0 Å². The second-order valence-electron chi connectivity index (χ2n) is 7.31. The van der Waals surface area contributed by atoms with Crippen LogP contribution in [-0.2, 0) is 6.54 Å². The Bertz CT molecular complexity index is 1080. The fraction of sp³-hybridized carbons (Fsp3) is 0.273. The molecule has 30 heavy (non-hydrogen) atoms. The number of aromatic amines is 1. The van der Waals surface area contributed by atoms with E-state index in [1.807, 2.05) is 12.1 Å². The molecule has 7 nitrogen and oxygen atoms in total. The van der Waals surface area contributed by atoms with Gasteiger partial charge in [0.15, 0.2) is 11.7 Å². The zero-order chi connectivity index (χ0) is 21.1. The first-order valence-electron chi connectivity index (χ1n) is 9.87. The molecular weight excluding hydrogens is 402 g/mol. The summed E-state index contributed by atoms with van der Waals surface area (Å²) in [6, 6.07) is 13.3. The number of ether oxygens (including phenoxy) is 1. The van der Waals surface area contributed by atoms with Crippen LogP contribution in [-0.4, -0.2) is 41.9 Å². The molecule has 0 spiro atoms. The molecule has 0 bridgehead atoms. The van der Waals surface area contributed by atoms with Crippen molar-refractivity contribution in [3.8, 4) is 11.5 Å². The molecule has 1 aromatic heterocycles. The normalized spacial score (nSPS) is 14.9. The third kappa shape index (κ3) is 4.42. The van der Waals surface area contributed by atoms with Gasteiger partial charge in [0, 0.05) is 19.0 Å². The summed E-state index contributed by atoms with van der Waals surface area (Å²) in [7, 11) is 1.50. The highest BCUT2D eigenvalue weighted by Crippen LogP contribution is 2.34. The van der Waals surface area contributed by atoms with Gasteiger partial charge in [-0.15, -0.1) is 0 Å². The molecule has 0 radical (unpaired) electrons. The highest BCUT2D eigenvalue weighted by molar-refractivity contribution is 6.36. The van der Waals surface area contributed by atoms with Crippen LogP contribution in [0, 0.1) is 0 Å². The molecule has 4 rings (SSSR count). The van der Waals surface area contributed by atoms with Crippen molar-refractivity contribution in [3.63, 3.8) is 0 Å². The maximum absolute atomic E-state index is 12.4. The molecule has 1 aliphatic rings. The molecule has 1 saturated heterocycles. The molecule has 8 heteroatoms. The molecule has 0 aliphatic carbocycles. The number of benzene rings is 2. The Labute approximate surface area is 179 Å². The van der Waals surface area contributed by atoms with Gasteiger partial charge in [-0.1, -0.05) is 23.7 Å². The molecule has 1 fully saturated rings. The Morgan fingerprint density at radius 2 is 1.97 bits per heavy atom. The monoisotopic (exact) mass is 425 g/mol. The predicted octanol–water partition coefficient (Wildman–Crippen LogP) is 3.88. The topological polar surface area (TPSA) is 95.7 Å². The Kier molecular flexibility index (Phi) is 5.92. The predicted molar refractivity (Wildman–Crippen MR) is 119 cm³/mol. The van der Waals surface area contributed by atoms with Crippen LogP contribution in [0.5, 0.6) is 11.5 Å². The van der Waals surface area contributed by atoms with Gasteiger partial charge in [0.25, 0.3) is 5.91 Å². The number of aliphatic imine (C=N–C) groups is 1. The molecule has 0 unspecified atom stereocenters. The number of fused-ring (bicyclic) bond motifs is 1. The second-order valence-corrected chi connectivity index (χ2v) is 7.72. The molecule has 156 valence electrons. The van der Waals surface area contributed by atoms with Crippen molar-refractivity contribution in [3.05, 3.63) is 58.7 Å². The molecule has 0 saturated carbocycles. The number of guanidine groups is 1. The lowest BCUT2D eigenvalue weighted by atomic mass is 10.2. The smallest absolute Gasteiger partial charge is 0.274 e. The van der Waals surface area contributed by atoms with Crippen LogP contribution in [0.25, 0.3) is 10.9 Å². The fourth-order valence-corrected chi connectivity index (χ4v) is 3.81. The van der Waals surface area contributed by atoms with Gasteiger partial charge in [-0.3, -0.25) is 20.0 Å².